The van der Waals surface area contributed by atoms with Gasteiger partial charge in [-0.15, -0.1) is 0 Å². The summed E-state index contributed by atoms with van der Waals surface area (Å²) in [7, 11) is 0. The molecule has 0 aliphatic carbocycles. The van der Waals surface area contributed by atoms with Crippen LogP contribution < -0.4 is 10.4 Å². The minimum atomic E-state index is -0.495. The van der Waals surface area contributed by atoms with Crippen LogP contribution in [-0.2, 0) is 0 Å². The minimum Gasteiger partial charge on any atom is -0.347 e. The third kappa shape index (κ3) is 1.11. The van der Waals surface area contributed by atoms with E-state index < -0.39 is 5.69 Å². The quantitative estimate of drug-likeness (QED) is 0.403. The Hall–Kier alpha value is -1.32. The van der Waals surface area contributed by atoms with Gasteiger partial charge in [-0.05, 0) is 18.6 Å². The number of rotatable bonds is 0. The van der Waals surface area contributed by atoms with Crippen LogP contribution in [0.25, 0.3) is 0 Å². The molecule has 0 spiro atoms. The predicted octanol–water partition coefficient (Wildman–Crippen LogP) is -0.175. The van der Waals surface area contributed by atoms with E-state index in [0.29, 0.717) is 10.4 Å². The highest BCUT2D eigenvalue weighted by Crippen LogP contribution is 2.00. The van der Waals surface area contributed by atoms with Gasteiger partial charge in [0.15, 0.2) is 5.69 Å². The molecule has 0 aliphatic heterocycles. The lowest BCUT2D eigenvalue weighted by atomic mass is 10.2. The fourth-order valence-corrected chi connectivity index (χ4v) is 0.890. The Morgan fingerprint density at radius 3 is 2.45 bits per heavy atom. The Morgan fingerprint density at radius 2 is 1.91 bits per heavy atom. The molecule has 0 unspecified atom stereocenters. The number of hydrogen-bond acceptors (Lipinski definition) is 2. The molecule has 0 fully saturated rings. The van der Waals surface area contributed by atoms with E-state index >= 15 is 0 Å². The van der Waals surface area contributed by atoms with Crippen LogP contribution >= 0.6 is 0 Å². The van der Waals surface area contributed by atoms with E-state index in [1.807, 2.05) is 6.92 Å². The smallest absolute Gasteiger partial charge is 0.347 e. The summed E-state index contributed by atoms with van der Waals surface area (Å²) < 4.78 is 0.613. The summed E-state index contributed by atoms with van der Waals surface area (Å²) in [6, 6.07) is 0. The van der Waals surface area contributed by atoms with Crippen LogP contribution in [0.1, 0.15) is 17.0 Å². The van der Waals surface area contributed by atoms with Gasteiger partial charge in [-0.3, -0.25) is 0 Å². The molecule has 0 atom stereocenters. The van der Waals surface area contributed by atoms with Gasteiger partial charge in [0.2, 0.25) is 0 Å². The maximum absolute atomic E-state index is 10.9. The third-order valence-corrected chi connectivity index (χ3v) is 1.91. The number of aryl methyl sites for hydroxylation is 1. The first-order chi connectivity index (χ1) is 5.04. The molecule has 4 heteroatoms. The molecule has 1 aromatic rings. The van der Waals surface area contributed by atoms with Gasteiger partial charge in [-0.1, -0.05) is 0 Å². The van der Waals surface area contributed by atoms with Crippen molar-refractivity contribution in [2.75, 3.05) is 0 Å². The molecule has 11 heavy (non-hydrogen) atoms. The maximum atomic E-state index is 10.9. The molecule has 1 heterocycles. The number of H-pyrrole nitrogens is 1. The molecule has 0 radical (unpaired) electrons. The average Bonchev–Trinajstić information content (AvgIpc) is 1.97. The highest BCUT2D eigenvalue weighted by molar-refractivity contribution is 5.16. The van der Waals surface area contributed by atoms with Crippen LogP contribution in [0.15, 0.2) is 4.79 Å². The number of nitrogens with one attached hydrogen (secondary N) is 1. The Morgan fingerprint density at radius 1 is 1.36 bits per heavy atom. The van der Waals surface area contributed by atoms with Crippen molar-refractivity contribution in [3.63, 3.8) is 0 Å². The van der Waals surface area contributed by atoms with Crippen molar-refractivity contribution >= 4 is 0 Å². The standard InChI is InChI=1S/C7H10N2O2/c1-4-5(2)8-7(10)9(11)6(4)3/h11H,1-3H3/p+1. The molecule has 0 bridgehead atoms. The SMILES string of the molecule is Cc1[nH]c(=O)[n+](O)c(C)c1C. The zero-order valence-electron chi connectivity index (χ0n) is 6.80. The van der Waals surface area contributed by atoms with Crippen LogP contribution in [-0.4, -0.2) is 10.2 Å². The van der Waals surface area contributed by atoms with Crippen molar-refractivity contribution in [3.8, 4) is 0 Å². The topological polar surface area (TPSA) is 57.0 Å². The first-order valence-corrected chi connectivity index (χ1v) is 3.35. The molecule has 4 nitrogen and oxygen atoms in total. The van der Waals surface area contributed by atoms with E-state index in [0.717, 1.165) is 11.3 Å². The second-order valence-electron chi connectivity index (χ2n) is 2.58. The van der Waals surface area contributed by atoms with Crippen LogP contribution in [0.4, 0.5) is 0 Å². The zero-order chi connectivity index (χ0) is 8.59. The largest absolute Gasteiger partial charge is 0.535 e. The van der Waals surface area contributed by atoms with Crippen molar-refractivity contribution in [3.05, 3.63) is 27.4 Å². The summed E-state index contributed by atoms with van der Waals surface area (Å²) >= 11 is 0. The lowest BCUT2D eigenvalue weighted by Crippen LogP contribution is -2.52. The zero-order valence-corrected chi connectivity index (χ0v) is 6.80. The second kappa shape index (κ2) is 2.38. The molecule has 0 aromatic carbocycles. The fraction of sp³-hybridized carbons (Fsp3) is 0.429. The van der Waals surface area contributed by atoms with Crippen molar-refractivity contribution in [2.24, 2.45) is 0 Å². The van der Waals surface area contributed by atoms with Gasteiger partial charge in [0.05, 0.1) is 0 Å². The predicted molar refractivity (Wildman–Crippen MR) is 38.7 cm³/mol. The van der Waals surface area contributed by atoms with E-state index in [4.69, 9.17) is 5.21 Å². The lowest BCUT2D eigenvalue weighted by molar-refractivity contribution is -0.921. The number of hydrogen-bond donors (Lipinski definition) is 2. The van der Waals surface area contributed by atoms with Gasteiger partial charge in [-0.25, -0.2) is 4.98 Å². The summed E-state index contributed by atoms with van der Waals surface area (Å²) in [5, 5.41) is 9.08. The van der Waals surface area contributed by atoms with E-state index in [9.17, 15) is 4.79 Å². The third-order valence-electron chi connectivity index (χ3n) is 1.91. The Kier molecular flexibility index (Phi) is 1.68. The Bertz CT molecular complexity index is 341. The molecule has 0 aliphatic rings. The summed E-state index contributed by atoms with van der Waals surface area (Å²) in [4.78, 5) is 13.4. The average molecular weight is 155 g/mol. The number of nitrogens with zero attached hydrogens (tertiary/aromatic N) is 1. The van der Waals surface area contributed by atoms with Crippen molar-refractivity contribution in [1.82, 2.24) is 4.98 Å². The van der Waals surface area contributed by atoms with Gasteiger partial charge in [0.1, 0.15) is 5.69 Å². The summed E-state index contributed by atoms with van der Waals surface area (Å²) in [6.45, 7) is 5.33. The van der Waals surface area contributed by atoms with E-state index in [-0.39, 0.29) is 0 Å². The molecule has 0 amide bonds. The van der Waals surface area contributed by atoms with Gasteiger partial charge in [-0.2, -0.15) is 4.79 Å². The number of aromatic nitrogens is 2. The van der Waals surface area contributed by atoms with Crippen molar-refractivity contribution < 1.29 is 9.94 Å². The van der Waals surface area contributed by atoms with E-state index in [1.54, 1.807) is 13.8 Å². The molecule has 60 valence electrons. The molecule has 1 aromatic heterocycles. The molecule has 0 saturated carbocycles. The maximum Gasteiger partial charge on any atom is 0.535 e. The Labute approximate surface area is 64.1 Å². The molecule has 2 N–H and O–H groups in total. The van der Waals surface area contributed by atoms with Crippen LogP contribution in [0.2, 0.25) is 0 Å². The molecule has 0 saturated heterocycles. The Balaban J connectivity index is 3.59. The second-order valence-corrected chi connectivity index (χ2v) is 2.58. The first-order valence-electron chi connectivity index (χ1n) is 3.35. The molecular weight excluding hydrogens is 144 g/mol. The van der Waals surface area contributed by atoms with Crippen molar-refractivity contribution in [2.45, 2.75) is 20.8 Å². The molecule has 1 rings (SSSR count). The highest BCUT2D eigenvalue weighted by Gasteiger charge is 2.12. The van der Waals surface area contributed by atoms with Crippen molar-refractivity contribution in [1.29, 1.82) is 0 Å². The van der Waals surface area contributed by atoms with Crippen LogP contribution in [0, 0.1) is 20.8 Å². The van der Waals surface area contributed by atoms with E-state index in [1.165, 1.54) is 0 Å². The summed E-state index contributed by atoms with van der Waals surface area (Å²) in [6.07, 6.45) is 0. The van der Waals surface area contributed by atoms with Gasteiger partial charge < -0.3 is 5.21 Å². The van der Waals surface area contributed by atoms with Crippen LogP contribution in [0.3, 0.4) is 0 Å². The minimum absolute atomic E-state index is 0.495. The van der Waals surface area contributed by atoms with Gasteiger partial charge in [0.25, 0.3) is 0 Å². The lowest BCUT2D eigenvalue weighted by Gasteiger charge is -1.98. The molecular formula is C7H11N2O2+. The number of aromatic amines is 1. The normalized spacial score (nSPS) is 10.1. The van der Waals surface area contributed by atoms with Gasteiger partial charge >= 0.3 is 5.69 Å². The summed E-state index contributed by atoms with van der Waals surface area (Å²) in [5.74, 6) is 0. The van der Waals surface area contributed by atoms with E-state index in [2.05, 4.69) is 4.98 Å². The first kappa shape index (κ1) is 7.78. The van der Waals surface area contributed by atoms with Crippen LogP contribution in [0.5, 0.6) is 0 Å². The fourth-order valence-electron chi connectivity index (χ4n) is 0.890. The highest BCUT2D eigenvalue weighted by atomic mass is 16.5. The van der Waals surface area contributed by atoms with Gasteiger partial charge in [0, 0.05) is 12.5 Å². The summed E-state index contributed by atoms with van der Waals surface area (Å²) in [5.41, 5.74) is 1.77. The monoisotopic (exact) mass is 155 g/mol.